The summed E-state index contributed by atoms with van der Waals surface area (Å²) >= 11 is 0. The lowest BCUT2D eigenvalue weighted by Crippen LogP contribution is -2.35. The number of rotatable bonds is 7. The van der Waals surface area contributed by atoms with Crippen LogP contribution in [-0.2, 0) is 11.2 Å². The lowest BCUT2D eigenvalue weighted by Gasteiger charge is -2.14. The largest absolute Gasteiger partial charge is 0.492 e. The number of aryl methyl sites for hydroxylation is 2. The molecule has 3 amide bonds. The zero-order valence-electron chi connectivity index (χ0n) is 14.3. The highest BCUT2D eigenvalue weighted by Gasteiger charge is 2.37. The van der Waals surface area contributed by atoms with Crippen LogP contribution in [0.1, 0.15) is 17.5 Å². The molecule has 0 aliphatic carbocycles. The molecule has 1 unspecified atom stereocenters. The van der Waals surface area contributed by atoms with Crippen molar-refractivity contribution in [3.05, 3.63) is 65.7 Å². The van der Waals surface area contributed by atoms with E-state index in [1.807, 2.05) is 61.5 Å². The van der Waals surface area contributed by atoms with Crippen LogP contribution in [0.5, 0.6) is 5.75 Å². The van der Waals surface area contributed by atoms with Crippen LogP contribution in [-0.4, -0.2) is 36.0 Å². The van der Waals surface area contributed by atoms with Gasteiger partial charge in [-0.15, -0.1) is 0 Å². The highest BCUT2D eigenvalue weighted by Crippen LogP contribution is 2.14. The van der Waals surface area contributed by atoms with Crippen molar-refractivity contribution in [3.8, 4) is 5.75 Å². The van der Waals surface area contributed by atoms with E-state index in [0.717, 1.165) is 23.3 Å². The Morgan fingerprint density at radius 3 is 2.48 bits per heavy atom. The number of hydrogen-bond donors (Lipinski definition) is 1. The Bertz CT molecular complexity index is 728. The smallest absolute Gasteiger partial charge is 0.324 e. The van der Waals surface area contributed by atoms with Gasteiger partial charge < -0.3 is 10.1 Å². The van der Waals surface area contributed by atoms with Gasteiger partial charge in [0, 0.05) is 0 Å². The van der Waals surface area contributed by atoms with E-state index < -0.39 is 6.04 Å². The van der Waals surface area contributed by atoms with Crippen molar-refractivity contribution in [2.24, 2.45) is 0 Å². The highest BCUT2D eigenvalue weighted by atomic mass is 16.5. The van der Waals surface area contributed by atoms with Crippen LogP contribution in [0.3, 0.4) is 0 Å². The maximum absolute atomic E-state index is 12.4. The molecule has 0 spiro atoms. The molecule has 2 aromatic carbocycles. The first kappa shape index (κ1) is 17.0. The summed E-state index contributed by atoms with van der Waals surface area (Å²) in [7, 11) is 0. The van der Waals surface area contributed by atoms with Crippen molar-refractivity contribution in [1.29, 1.82) is 0 Å². The molecule has 1 aliphatic rings. The van der Waals surface area contributed by atoms with Crippen molar-refractivity contribution in [3.63, 3.8) is 0 Å². The van der Waals surface area contributed by atoms with Gasteiger partial charge in [-0.05, 0) is 37.5 Å². The summed E-state index contributed by atoms with van der Waals surface area (Å²) in [4.78, 5) is 25.7. The molecule has 0 radical (unpaired) electrons. The van der Waals surface area contributed by atoms with Gasteiger partial charge in [-0.3, -0.25) is 9.69 Å². The monoisotopic (exact) mass is 338 g/mol. The van der Waals surface area contributed by atoms with Gasteiger partial charge in [0.05, 0.1) is 6.54 Å². The zero-order chi connectivity index (χ0) is 17.6. The number of carbonyl (C=O) groups excluding carboxylic acids is 2. The summed E-state index contributed by atoms with van der Waals surface area (Å²) in [5.41, 5.74) is 2.31. The molecule has 3 rings (SSSR count). The Balaban J connectivity index is 1.48. The molecule has 1 N–H and O–H groups in total. The molecule has 1 heterocycles. The second-order valence-electron chi connectivity index (χ2n) is 6.18. The normalized spacial score (nSPS) is 16.8. The van der Waals surface area contributed by atoms with Gasteiger partial charge in [0.1, 0.15) is 18.4 Å². The van der Waals surface area contributed by atoms with Crippen molar-refractivity contribution in [2.45, 2.75) is 25.8 Å². The molecule has 1 aliphatic heterocycles. The van der Waals surface area contributed by atoms with E-state index in [2.05, 4.69) is 5.32 Å². The summed E-state index contributed by atoms with van der Waals surface area (Å²) in [6.07, 6.45) is 1.36. The number of hydrogen-bond acceptors (Lipinski definition) is 3. The van der Waals surface area contributed by atoms with E-state index in [1.54, 1.807) is 0 Å². The van der Waals surface area contributed by atoms with Crippen LogP contribution in [0.2, 0.25) is 0 Å². The van der Waals surface area contributed by atoms with E-state index in [-0.39, 0.29) is 25.1 Å². The van der Waals surface area contributed by atoms with E-state index >= 15 is 0 Å². The SMILES string of the molecule is Cc1ccc(OCCN2C(=O)NC(CCc3ccccc3)C2=O)cc1. The molecule has 0 bridgehead atoms. The van der Waals surface area contributed by atoms with Gasteiger partial charge in [-0.1, -0.05) is 48.0 Å². The van der Waals surface area contributed by atoms with E-state index in [4.69, 9.17) is 4.74 Å². The minimum Gasteiger partial charge on any atom is -0.492 e. The summed E-state index contributed by atoms with van der Waals surface area (Å²) in [5, 5.41) is 2.76. The molecule has 5 nitrogen and oxygen atoms in total. The topological polar surface area (TPSA) is 58.6 Å². The number of ether oxygens (including phenoxy) is 1. The maximum atomic E-state index is 12.4. The number of urea groups is 1. The first-order valence-corrected chi connectivity index (χ1v) is 8.49. The molecular formula is C20H22N2O3. The van der Waals surface area contributed by atoms with E-state index in [9.17, 15) is 9.59 Å². The molecule has 1 atom stereocenters. The number of imide groups is 1. The standard InChI is InChI=1S/C20H22N2O3/c1-15-7-10-17(11-8-15)25-14-13-22-19(23)18(21-20(22)24)12-9-16-5-3-2-4-6-16/h2-8,10-11,18H,9,12-14H2,1H3,(H,21,24). The minimum atomic E-state index is -0.452. The molecule has 130 valence electrons. The predicted molar refractivity (Wildman–Crippen MR) is 95.5 cm³/mol. The fraction of sp³-hybridized carbons (Fsp3) is 0.300. The Kier molecular flexibility index (Phi) is 5.33. The average Bonchev–Trinajstić information content (AvgIpc) is 2.90. The third kappa shape index (κ3) is 4.38. The van der Waals surface area contributed by atoms with Gasteiger partial charge in [0.15, 0.2) is 0 Å². The predicted octanol–water partition coefficient (Wildman–Crippen LogP) is 2.93. The lowest BCUT2D eigenvalue weighted by molar-refractivity contribution is -0.127. The fourth-order valence-electron chi connectivity index (χ4n) is 2.83. The molecule has 0 aromatic heterocycles. The quantitative estimate of drug-likeness (QED) is 0.790. The Hall–Kier alpha value is -2.82. The van der Waals surface area contributed by atoms with Gasteiger partial charge in [-0.2, -0.15) is 0 Å². The van der Waals surface area contributed by atoms with Crippen LogP contribution < -0.4 is 10.1 Å². The van der Waals surface area contributed by atoms with Crippen LogP contribution in [0, 0.1) is 6.92 Å². The van der Waals surface area contributed by atoms with Crippen LogP contribution in [0.15, 0.2) is 54.6 Å². The van der Waals surface area contributed by atoms with Gasteiger partial charge in [-0.25, -0.2) is 4.79 Å². The van der Waals surface area contributed by atoms with E-state index in [1.165, 1.54) is 4.90 Å². The van der Waals surface area contributed by atoms with Gasteiger partial charge >= 0.3 is 6.03 Å². The third-order valence-corrected chi connectivity index (χ3v) is 4.28. The first-order chi connectivity index (χ1) is 12.1. The van der Waals surface area contributed by atoms with E-state index in [0.29, 0.717) is 6.42 Å². The summed E-state index contributed by atoms with van der Waals surface area (Å²) in [6, 6.07) is 16.8. The fourth-order valence-corrected chi connectivity index (χ4v) is 2.83. The summed E-state index contributed by atoms with van der Waals surface area (Å²) < 4.78 is 5.61. The lowest BCUT2D eigenvalue weighted by atomic mass is 10.1. The third-order valence-electron chi connectivity index (χ3n) is 4.28. The molecule has 5 heteroatoms. The Morgan fingerprint density at radius 2 is 1.76 bits per heavy atom. The second kappa shape index (κ2) is 7.83. The van der Waals surface area contributed by atoms with Crippen molar-refractivity contribution in [2.75, 3.05) is 13.2 Å². The minimum absolute atomic E-state index is 0.173. The highest BCUT2D eigenvalue weighted by molar-refractivity contribution is 6.04. The molecule has 0 saturated carbocycles. The summed E-state index contributed by atoms with van der Waals surface area (Å²) in [5.74, 6) is 0.562. The van der Waals surface area contributed by atoms with Crippen molar-refractivity contribution < 1.29 is 14.3 Å². The molecular weight excluding hydrogens is 316 g/mol. The number of nitrogens with one attached hydrogen (secondary N) is 1. The Morgan fingerprint density at radius 1 is 1.04 bits per heavy atom. The number of benzene rings is 2. The molecule has 1 fully saturated rings. The van der Waals surface area contributed by atoms with Crippen LogP contribution in [0.4, 0.5) is 4.79 Å². The second-order valence-corrected chi connectivity index (χ2v) is 6.18. The molecule has 2 aromatic rings. The number of carbonyl (C=O) groups is 2. The number of amides is 3. The summed E-state index contributed by atoms with van der Waals surface area (Å²) in [6.45, 7) is 2.54. The van der Waals surface area contributed by atoms with Gasteiger partial charge in [0.25, 0.3) is 5.91 Å². The van der Waals surface area contributed by atoms with Crippen molar-refractivity contribution in [1.82, 2.24) is 10.2 Å². The average molecular weight is 338 g/mol. The Labute approximate surface area is 147 Å². The number of nitrogens with zero attached hydrogens (tertiary/aromatic N) is 1. The first-order valence-electron chi connectivity index (χ1n) is 8.49. The molecule has 25 heavy (non-hydrogen) atoms. The maximum Gasteiger partial charge on any atom is 0.324 e. The van der Waals surface area contributed by atoms with Crippen LogP contribution >= 0.6 is 0 Å². The molecule has 1 saturated heterocycles. The van der Waals surface area contributed by atoms with Gasteiger partial charge in [0.2, 0.25) is 0 Å². The zero-order valence-corrected chi connectivity index (χ0v) is 14.3. The van der Waals surface area contributed by atoms with Crippen molar-refractivity contribution >= 4 is 11.9 Å². The van der Waals surface area contributed by atoms with Crippen LogP contribution in [0.25, 0.3) is 0 Å².